The lowest BCUT2D eigenvalue weighted by Gasteiger charge is -2.21. The van der Waals surface area contributed by atoms with E-state index in [0.29, 0.717) is 0 Å². The van der Waals surface area contributed by atoms with Crippen molar-refractivity contribution in [1.82, 2.24) is 14.9 Å². The molecule has 3 unspecified atom stereocenters. The number of hydrogen-bond donors (Lipinski definition) is 6. The Kier molecular flexibility index (Phi) is 7.09. The number of nitrogens with zero attached hydrogens (tertiary/aromatic N) is 2. The van der Waals surface area contributed by atoms with Crippen LogP contribution in [-0.2, 0) is 16.0 Å². The van der Waals surface area contributed by atoms with Gasteiger partial charge in [-0.1, -0.05) is 0 Å². The number of carbonyl (C=O) groups excluding carboxylic acids is 1. The van der Waals surface area contributed by atoms with Crippen LogP contribution in [0.15, 0.2) is 30.7 Å². The molecular weight excluding hydrogens is 402 g/mol. The van der Waals surface area contributed by atoms with E-state index in [4.69, 9.17) is 9.94 Å². The number of aliphatic carboxylic acids is 1. The molecule has 6 N–H and O–H groups in total. The number of quaternary nitrogens is 2. The largest absolute Gasteiger partial charge is 0.595 e. The Labute approximate surface area is 170 Å². The van der Waals surface area contributed by atoms with E-state index in [9.17, 15) is 30.3 Å². The van der Waals surface area contributed by atoms with Crippen LogP contribution in [0.25, 0.3) is 5.69 Å². The second kappa shape index (κ2) is 9.17. The highest BCUT2D eigenvalue weighted by molar-refractivity contribution is 5.80. The van der Waals surface area contributed by atoms with E-state index in [-0.39, 0.29) is 29.2 Å². The number of rotatable bonds is 7. The molecule has 0 saturated heterocycles. The zero-order valence-electron chi connectivity index (χ0n) is 16.4. The minimum absolute atomic E-state index is 0.151. The highest BCUT2D eigenvalue weighted by Gasteiger charge is 2.25. The molecule has 0 bridgehead atoms. The number of carboxylic acid groups (broad SMARTS) is 1. The van der Waals surface area contributed by atoms with Gasteiger partial charge in [0.1, 0.15) is 17.3 Å². The molecule has 3 atom stereocenters. The molecule has 1 aromatic heterocycles. The molecule has 2 rings (SSSR count). The highest BCUT2D eigenvalue weighted by Crippen LogP contribution is 2.20. The molecule has 30 heavy (non-hydrogen) atoms. The fourth-order valence-electron chi connectivity index (χ4n) is 2.53. The molecule has 13 heteroatoms. The lowest BCUT2D eigenvalue weighted by atomic mass is 10.1. The molecule has 0 spiro atoms. The molecule has 2 aromatic rings. The molecule has 1 aromatic carbocycles. The van der Waals surface area contributed by atoms with Crippen molar-refractivity contribution in [2.24, 2.45) is 0 Å². The van der Waals surface area contributed by atoms with Crippen LogP contribution in [0.2, 0.25) is 0 Å². The Balaban J connectivity index is 2.23. The molecule has 1 amide bonds. The van der Waals surface area contributed by atoms with Crippen molar-refractivity contribution in [3.63, 3.8) is 0 Å². The minimum Gasteiger partial charge on any atom is -0.595 e. The molecule has 1 heterocycles. The maximum absolute atomic E-state index is 11.9. The molecule has 0 saturated carbocycles. The second-order valence-electron chi connectivity index (χ2n) is 7.36. The summed E-state index contributed by atoms with van der Waals surface area (Å²) in [4.78, 5) is 27.4. The molecule has 0 aliphatic carbocycles. The number of nitrogens with one attached hydrogen (secondary N) is 3. The van der Waals surface area contributed by atoms with E-state index in [2.05, 4.69) is 10.3 Å². The van der Waals surface area contributed by atoms with Crippen molar-refractivity contribution in [2.45, 2.75) is 38.8 Å². The van der Waals surface area contributed by atoms with Crippen molar-refractivity contribution in [2.75, 3.05) is 0 Å². The van der Waals surface area contributed by atoms with Gasteiger partial charge in [0.25, 0.3) is 0 Å². The van der Waals surface area contributed by atoms with Gasteiger partial charge in [0.05, 0.1) is 18.1 Å². The number of aromatic nitrogens is 2. The lowest BCUT2D eigenvalue weighted by Crippen LogP contribution is -3.01. The third kappa shape index (κ3) is 6.21. The predicted molar refractivity (Wildman–Crippen MR) is 99.6 cm³/mol. The third-order valence-corrected chi connectivity index (χ3v) is 3.79. The first-order chi connectivity index (χ1) is 13.9. The Hall–Kier alpha value is -3.07. The summed E-state index contributed by atoms with van der Waals surface area (Å²) in [6, 6.07) is 2.25. The van der Waals surface area contributed by atoms with Crippen LogP contribution in [0.4, 0.5) is 16.2 Å². The number of ether oxygens (including phenoxy) is 1. The summed E-state index contributed by atoms with van der Waals surface area (Å²) in [5.41, 5.74) is -0.843. The predicted octanol–water partition coefficient (Wildman–Crippen LogP) is -0.800. The van der Waals surface area contributed by atoms with Crippen molar-refractivity contribution in [3.8, 4) is 5.69 Å². The smallest absolute Gasteiger partial charge is 0.408 e. The molecular formula is C17H23N5O8. The van der Waals surface area contributed by atoms with Gasteiger partial charge >= 0.3 is 12.1 Å². The maximum atomic E-state index is 11.9. The maximum Gasteiger partial charge on any atom is 0.408 e. The van der Waals surface area contributed by atoms with Crippen molar-refractivity contribution in [1.29, 1.82) is 0 Å². The topological polar surface area (TPSA) is 189 Å². The van der Waals surface area contributed by atoms with Crippen molar-refractivity contribution >= 4 is 23.4 Å². The molecule has 0 aliphatic rings. The SMILES string of the molecule is CC(C)(C)OC(=O)NC(Cc1cn(-c2ccc([NH+]([O-])O)cc2[NH+]([O-])O)cn1)C(=O)O. The van der Waals surface area contributed by atoms with E-state index in [1.54, 1.807) is 20.8 Å². The van der Waals surface area contributed by atoms with Crippen LogP contribution in [0.1, 0.15) is 26.5 Å². The quantitative estimate of drug-likeness (QED) is 0.308. The van der Waals surface area contributed by atoms with E-state index in [1.165, 1.54) is 29.2 Å². The van der Waals surface area contributed by atoms with Gasteiger partial charge < -0.3 is 30.1 Å². The number of imidazole rings is 1. The van der Waals surface area contributed by atoms with Gasteiger partial charge in [0.2, 0.25) is 0 Å². The normalized spacial score (nSPS) is 14.6. The summed E-state index contributed by atoms with van der Waals surface area (Å²) in [5, 5.41) is 50.0. The van der Waals surface area contributed by atoms with E-state index in [0.717, 1.165) is 6.07 Å². The van der Waals surface area contributed by atoms with Crippen molar-refractivity contribution < 1.29 is 40.3 Å². The summed E-state index contributed by atoms with van der Waals surface area (Å²) in [7, 11) is 0. The Morgan fingerprint density at radius 1 is 1.27 bits per heavy atom. The first-order valence-corrected chi connectivity index (χ1v) is 8.73. The van der Waals surface area contributed by atoms with Crippen LogP contribution < -0.4 is 15.8 Å². The summed E-state index contributed by atoms with van der Waals surface area (Å²) < 4.78 is 6.38. The fraction of sp³-hybridized carbons (Fsp3) is 0.353. The number of alkyl carbamates (subject to hydrolysis) is 1. The number of amides is 1. The van der Waals surface area contributed by atoms with Crippen LogP contribution in [0.5, 0.6) is 0 Å². The number of benzene rings is 1. The van der Waals surface area contributed by atoms with Crippen molar-refractivity contribution in [3.05, 3.63) is 46.8 Å². The summed E-state index contributed by atoms with van der Waals surface area (Å²) >= 11 is 0. The lowest BCUT2D eigenvalue weighted by molar-refractivity contribution is -0.996. The monoisotopic (exact) mass is 425 g/mol. The van der Waals surface area contributed by atoms with Gasteiger partial charge in [-0.15, -0.1) is 0 Å². The van der Waals surface area contributed by atoms with Crippen LogP contribution in [-0.4, -0.2) is 48.8 Å². The van der Waals surface area contributed by atoms with Gasteiger partial charge in [0.15, 0.2) is 11.4 Å². The zero-order valence-corrected chi connectivity index (χ0v) is 16.4. The fourth-order valence-corrected chi connectivity index (χ4v) is 2.53. The molecule has 0 aliphatic heterocycles. The van der Waals surface area contributed by atoms with Gasteiger partial charge in [-0.25, -0.2) is 25.0 Å². The molecule has 0 radical (unpaired) electrons. The standard InChI is InChI=1S/C17H23N5O8/c1-17(2,3)30-16(25)19-12(15(23)24)6-10-8-20(9-18-10)13-5-4-11(21(26)27)7-14(13)22(28)29/h4-5,7-9,12,21-22,26,28H,6H2,1-3H3,(H,19,25)(H,23,24). The van der Waals surface area contributed by atoms with E-state index in [1.807, 2.05) is 0 Å². The van der Waals surface area contributed by atoms with Gasteiger partial charge in [0, 0.05) is 18.7 Å². The Bertz CT molecular complexity index is 906. The highest BCUT2D eigenvalue weighted by atomic mass is 16.8. The van der Waals surface area contributed by atoms with Crippen LogP contribution >= 0.6 is 0 Å². The first kappa shape index (κ1) is 23.2. The zero-order chi connectivity index (χ0) is 22.6. The molecule has 13 nitrogen and oxygen atoms in total. The van der Waals surface area contributed by atoms with Gasteiger partial charge in [-0.3, -0.25) is 0 Å². The Morgan fingerprint density at radius 3 is 2.47 bits per heavy atom. The van der Waals surface area contributed by atoms with Crippen LogP contribution in [0, 0.1) is 10.4 Å². The van der Waals surface area contributed by atoms with E-state index < -0.39 is 34.2 Å². The van der Waals surface area contributed by atoms with Crippen LogP contribution in [0.3, 0.4) is 0 Å². The average molecular weight is 425 g/mol. The van der Waals surface area contributed by atoms with Gasteiger partial charge in [-0.2, -0.15) is 10.5 Å². The van der Waals surface area contributed by atoms with Gasteiger partial charge in [-0.05, 0) is 26.8 Å². The third-order valence-electron chi connectivity index (χ3n) is 3.79. The minimum atomic E-state index is -1.33. The molecule has 164 valence electrons. The summed E-state index contributed by atoms with van der Waals surface area (Å²) in [6.45, 7) is 4.92. The molecule has 0 fully saturated rings. The Morgan fingerprint density at radius 2 is 1.93 bits per heavy atom. The number of carboxylic acids is 1. The first-order valence-electron chi connectivity index (χ1n) is 8.73. The average Bonchev–Trinajstić information content (AvgIpc) is 3.07. The summed E-state index contributed by atoms with van der Waals surface area (Å²) in [5.74, 6) is -1.30. The number of hydrogen-bond acceptors (Lipinski definition) is 8. The second-order valence-corrected chi connectivity index (χ2v) is 7.36. The number of carbonyl (C=O) groups is 2. The van der Waals surface area contributed by atoms with E-state index >= 15 is 0 Å². The summed E-state index contributed by atoms with van der Waals surface area (Å²) in [6.07, 6.45) is 1.59.